The molecule has 1 aromatic rings. The standard InChI is InChI=1S/C15H18N4O2/c1-11(20)17-12-3-5-13(6-4-12)18-14(21)7-19-9-15(2,8-16)10-19/h3-6H,7,9-10H2,1-2H3,(H,17,20)(H,18,21). The van der Waals surface area contributed by atoms with Gasteiger partial charge in [-0.25, -0.2) is 0 Å². The third-order valence-corrected chi connectivity index (χ3v) is 3.27. The molecule has 2 amide bonds. The van der Waals surface area contributed by atoms with Crippen molar-refractivity contribution in [2.75, 3.05) is 30.3 Å². The van der Waals surface area contributed by atoms with Crippen LogP contribution in [0.2, 0.25) is 0 Å². The van der Waals surface area contributed by atoms with Gasteiger partial charge < -0.3 is 10.6 Å². The van der Waals surface area contributed by atoms with Crippen LogP contribution in [0.3, 0.4) is 0 Å². The Hall–Kier alpha value is -2.39. The molecule has 1 aliphatic heterocycles. The van der Waals surface area contributed by atoms with E-state index in [2.05, 4.69) is 16.7 Å². The Labute approximate surface area is 123 Å². The van der Waals surface area contributed by atoms with Crippen molar-refractivity contribution in [1.29, 1.82) is 5.26 Å². The van der Waals surface area contributed by atoms with E-state index in [0.717, 1.165) is 0 Å². The average Bonchev–Trinajstić information content (AvgIpc) is 2.38. The monoisotopic (exact) mass is 286 g/mol. The fourth-order valence-electron chi connectivity index (χ4n) is 2.37. The van der Waals surface area contributed by atoms with Gasteiger partial charge in [-0.15, -0.1) is 0 Å². The molecule has 1 aromatic carbocycles. The Kier molecular flexibility index (Phi) is 4.24. The highest BCUT2D eigenvalue weighted by Gasteiger charge is 2.39. The summed E-state index contributed by atoms with van der Waals surface area (Å²) in [6.45, 7) is 4.86. The number of benzene rings is 1. The van der Waals surface area contributed by atoms with Crippen molar-refractivity contribution >= 4 is 23.2 Å². The van der Waals surface area contributed by atoms with Crippen LogP contribution in [0.25, 0.3) is 0 Å². The van der Waals surface area contributed by atoms with E-state index in [9.17, 15) is 9.59 Å². The van der Waals surface area contributed by atoms with Gasteiger partial charge in [0.15, 0.2) is 0 Å². The first-order valence-corrected chi connectivity index (χ1v) is 6.71. The number of hydrogen-bond acceptors (Lipinski definition) is 4. The molecule has 1 saturated heterocycles. The SMILES string of the molecule is CC(=O)Nc1ccc(NC(=O)CN2CC(C)(C#N)C2)cc1. The summed E-state index contributed by atoms with van der Waals surface area (Å²) < 4.78 is 0. The number of rotatable bonds is 4. The Morgan fingerprint density at radius 3 is 2.24 bits per heavy atom. The Balaban J connectivity index is 1.81. The lowest BCUT2D eigenvalue weighted by molar-refractivity contribution is -0.119. The number of amides is 2. The Bertz CT molecular complexity index is 583. The summed E-state index contributed by atoms with van der Waals surface area (Å²) in [7, 11) is 0. The van der Waals surface area contributed by atoms with Gasteiger partial charge in [0.05, 0.1) is 18.0 Å². The van der Waals surface area contributed by atoms with E-state index >= 15 is 0 Å². The van der Waals surface area contributed by atoms with Crippen molar-refractivity contribution in [3.8, 4) is 6.07 Å². The largest absolute Gasteiger partial charge is 0.326 e. The third-order valence-electron chi connectivity index (χ3n) is 3.27. The number of nitriles is 1. The summed E-state index contributed by atoms with van der Waals surface area (Å²) in [5.41, 5.74) is 1.05. The maximum atomic E-state index is 11.9. The maximum absolute atomic E-state index is 11.9. The van der Waals surface area contributed by atoms with Gasteiger partial charge in [-0.2, -0.15) is 5.26 Å². The first-order valence-electron chi connectivity index (χ1n) is 6.71. The zero-order chi connectivity index (χ0) is 15.5. The summed E-state index contributed by atoms with van der Waals surface area (Å²) in [4.78, 5) is 24.7. The smallest absolute Gasteiger partial charge is 0.238 e. The predicted molar refractivity (Wildman–Crippen MR) is 79.5 cm³/mol. The highest BCUT2D eigenvalue weighted by atomic mass is 16.2. The van der Waals surface area contributed by atoms with Crippen LogP contribution < -0.4 is 10.6 Å². The van der Waals surface area contributed by atoms with E-state index in [1.807, 2.05) is 11.8 Å². The van der Waals surface area contributed by atoms with E-state index in [1.54, 1.807) is 24.3 Å². The molecule has 0 spiro atoms. The van der Waals surface area contributed by atoms with E-state index in [4.69, 9.17) is 5.26 Å². The summed E-state index contributed by atoms with van der Waals surface area (Å²) in [5, 5.41) is 14.4. The van der Waals surface area contributed by atoms with Gasteiger partial charge in [0.25, 0.3) is 0 Å². The van der Waals surface area contributed by atoms with Crippen molar-refractivity contribution in [2.24, 2.45) is 5.41 Å². The van der Waals surface area contributed by atoms with Crippen LogP contribution in [0.15, 0.2) is 24.3 Å². The minimum atomic E-state index is -0.319. The van der Waals surface area contributed by atoms with Crippen molar-refractivity contribution in [1.82, 2.24) is 4.90 Å². The fraction of sp³-hybridized carbons (Fsp3) is 0.400. The number of nitrogens with one attached hydrogen (secondary N) is 2. The first-order chi connectivity index (χ1) is 9.90. The van der Waals surface area contributed by atoms with Gasteiger partial charge in [-0.1, -0.05) is 0 Å². The van der Waals surface area contributed by atoms with Crippen LogP contribution in [-0.2, 0) is 9.59 Å². The molecule has 0 bridgehead atoms. The second kappa shape index (κ2) is 5.94. The van der Waals surface area contributed by atoms with Crippen molar-refractivity contribution in [2.45, 2.75) is 13.8 Å². The lowest BCUT2D eigenvalue weighted by Crippen LogP contribution is -2.55. The number of anilines is 2. The molecule has 2 rings (SSSR count). The number of likely N-dealkylation sites (tertiary alicyclic amines) is 1. The number of nitrogens with zero attached hydrogens (tertiary/aromatic N) is 2. The van der Waals surface area contributed by atoms with Gasteiger partial charge in [-0.05, 0) is 31.2 Å². The molecule has 0 atom stereocenters. The van der Waals surface area contributed by atoms with E-state index in [-0.39, 0.29) is 23.8 Å². The second-order valence-electron chi connectivity index (χ2n) is 5.62. The molecule has 110 valence electrons. The highest BCUT2D eigenvalue weighted by molar-refractivity contribution is 5.93. The van der Waals surface area contributed by atoms with E-state index in [0.29, 0.717) is 24.5 Å². The molecule has 1 aliphatic rings. The van der Waals surface area contributed by atoms with Crippen LogP contribution in [0.5, 0.6) is 0 Å². The van der Waals surface area contributed by atoms with Gasteiger partial charge in [0, 0.05) is 31.4 Å². The van der Waals surface area contributed by atoms with E-state index in [1.165, 1.54) is 6.92 Å². The first kappa shape index (κ1) is 15.0. The van der Waals surface area contributed by atoms with Gasteiger partial charge in [0.2, 0.25) is 11.8 Å². The third kappa shape index (κ3) is 4.04. The van der Waals surface area contributed by atoms with Crippen molar-refractivity contribution < 1.29 is 9.59 Å². The molecular formula is C15H18N4O2. The molecule has 0 unspecified atom stereocenters. The van der Waals surface area contributed by atoms with Crippen LogP contribution in [0, 0.1) is 16.7 Å². The highest BCUT2D eigenvalue weighted by Crippen LogP contribution is 2.28. The molecule has 1 fully saturated rings. The molecule has 6 heteroatoms. The fourth-order valence-corrected chi connectivity index (χ4v) is 2.37. The number of carbonyl (C=O) groups is 2. The lowest BCUT2D eigenvalue weighted by atomic mass is 9.84. The lowest BCUT2D eigenvalue weighted by Gasteiger charge is -2.42. The van der Waals surface area contributed by atoms with Gasteiger partial charge >= 0.3 is 0 Å². The second-order valence-corrected chi connectivity index (χ2v) is 5.62. The molecule has 0 saturated carbocycles. The molecular weight excluding hydrogens is 268 g/mol. The zero-order valence-corrected chi connectivity index (χ0v) is 12.1. The Morgan fingerprint density at radius 2 is 1.76 bits per heavy atom. The van der Waals surface area contributed by atoms with Gasteiger partial charge in [-0.3, -0.25) is 14.5 Å². The van der Waals surface area contributed by atoms with Gasteiger partial charge in [0.1, 0.15) is 0 Å². The topological polar surface area (TPSA) is 85.2 Å². The quantitative estimate of drug-likeness (QED) is 0.876. The van der Waals surface area contributed by atoms with E-state index < -0.39 is 0 Å². The molecule has 21 heavy (non-hydrogen) atoms. The predicted octanol–water partition coefficient (Wildman–Crippen LogP) is 1.43. The molecule has 0 aromatic heterocycles. The Morgan fingerprint density at radius 1 is 1.24 bits per heavy atom. The zero-order valence-electron chi connectivity index (χ0n) is 12.1. The summed E-state index contributed by atoms with van der Waals surface area (Å²) >= 11 is 0. The van der Waals surface area contributed by atoms with Crippen molar-refractivity contribution in [3.05, 3.63) is 24.3 Å². The number of carbonyl (C=O) groups excluding carboxylic acids is 2. The van der Waals surface area contributed by atoms with Crippen LogP contribution >= 0.6 is 0 Å². The van der Waals surface area contributed by atoms with Crippen LogP contribution in [0.4, 0.5) is 11.4 Å². The summed E-state index contributed by atoms with van der Waals surface area (Å²) in [6, 6.07) is 9.17. The summed E-state index contributed by atoms with van der Waals surface area (Å²) in [6.07, 6.45) is 0. The van der Waals surface area contributed by atoms with Crippen molar-refractivity contribution in [3.63, 3.8) is 0 Å². The maximum Gasteiger partial charge on any atom is 0.238 e. The minimum absolute atomic E-state index is 0.109. The molecule has 0 aliphatic carbocycles. The van der Waals surface area contributed by atoms with Crippen LogP contribution in [0.1, 0.15) is 13.8 Å². The average molecular weight is 286 g/mol. The minimum Gasteiger partial charge on any atom is -0.326 e. The van der Waals surface area contributed by atoms with Crippen LogP contribution in [-0.4, -0.2) is 36.3 Å². The molecule has 0 radical (unpaired) electrons. The normalized spacial score (nSPS) is 16.4. The summed E-state index contributed by atoms with van der Waals surface area (Å²) in [5.74, 6) is -0.243. The number of hydrogen-bond donors (Lipinski definition) is 2. The molecule has 6 nitrogen and oxygen atoms in total. The molecule has 2 N–H and O–H groups in total. The molecule has 1 heterocycles.